The molecule has 1 saturated heterocycles. The van der Waals surface area contributed by atoms with Gasteiger partial charge >= 0.3 is 12.2 Å². The zero-order valence-electron chi connectivity index (χ0n) is 29.5. The van der Waals surface area contributed by atoms with Gasteiger partial charge in [0.2, 0.25) is 11.8 Å². The molecule has 50 heavy (non-hydrogen) atoms. The van der Waals surface area contributed by atoms with Crippen LogP contribution in [0.25, 0.3) is 11.1 Å². The predicted molar refractivity (Wildman–Crippen MR) is 187 cm³/mol. The lowest BCUT2D eigenvalue weighted by atomic mass is 9.90. The first-order valence-corrected chi connectivity index (χ1v) is 18.0. The number of nitrogens with one attached hydrogen (secondary N) is 2. The minimum absolute atomic E-state index is 0.0779. The molecular weight excluding hydrogens is 640 g/mol. The highest BCUT2D eigenvalue weighted by Crippen LogP contribution is 2.29. The number of aliphatic hydroxyl groups excluding tert-OH is 1. The van der Waals surface area contributed by atoms with E-state index in [1.54, 1.807) is 32.9 Å². The highest BCUT2D eigenvalue weighted by Gasteiger charge is 2.42. The molecule has 4 atom stereocenters. The van der Waals surface area contributed by atoms with Crippen LogP contribution in [0.4, 0.5) is 9.59 Å². The van der Waals surface area contributed by atoms with Crippen molar-refractivity contribution in [1.29, 1.82) is 0 Å². The van der Waals surface area contributed by atoms with Crippen molar-refractivity contribution in [2.45, 2.75) is 115 Å². The first-order valence-electron chi connectivity index (χ1n) is 18.0. The first kappa shape index (κ1) is 37.1. The van der Waals surface area contributed by atoms with E-state index in [4.69, 9.17) is 18.6 Å². The van der Waals surface area contributed by atoms with Crippen molar-refractivity contribution in [2.75, 3.05) is 19.7 Å². The van der Waals surface area contributed by atoms with Crippen molar-refractivity contribution in [3.8, 4) is 0 Å². The molecule has 2 aromatic carbocycles. The molecule has 0 spiro atoms. The molecule has 3 aromatic rings. The van der Waals surface area contributed by atoms with Crippen LogP contribution >= 0.6 is 0 Å². The fraction of sp³-hybridized carbons (Fsp3) is 0.579. The summed E-state index contributed by atoms with van der Waals surface area (Å²) in [4.78, 5) is 45.5. The number of amides is 3. The topological polar surface area (TPSA) is 152 Å². The molecule has 0 radical (unpaired) electrons. The standard InChI is InChI=1S/C38H52N4O8/c1-38(2,3)50-36(45)39-21-13-12-19-30(33(43)35-41-29-18-10-11-20-32(29)49-35)40-34(44)31-22-28(47-24-26-14-6-4-7-15-26)23-42(31)37(46)48-25-27-16-8-5-9-17-27/h5,8-11,16-18,20,26,28,30-31,33,43H,4,6-7,12-15,19,21-25H2,1-3H3,(H,39,45)(H,40,44)/t28-,30+,31+,33?/m1/s1. The molecule has 1 aliphatic carbocycles. The molecule has 2 heterocycles. The molecule has 0 bridgehead atoms. The van der Waals surface area contributed by atoms with Crippen molar-refractivity contribution >= 4 is 29.2 Å². The molecule has 3 N–H and O–H groups in total. The van der Waals surface area contributed by atoms with Gasteiger partial charge in [0.1, 0.15) is 23.8 Å². The average Bonchev–Trinajstić information content (AvgIpc) is 3.74. The van der Waals surface area contributed by atoms with Crippen LogP contribution < -0.4 is 10.6 Å². The second-order valence-corrected chi connectivity index (χ2v) is 14.4. The Morgan fingerprint density at radius 3 is 2.50 bits per heavy atom. The number of rotatable bonds is 14. The maximum Gasteiger partial charge on any atom is 0.410 e. The summed E-state index contributed by atoms with van der Waals surface area (Å²) in [6.45, 7) is 6.66. The molecular formula is C38H52N4O8. The van der Waals surface area contributed by atoms with Gasteiger partial charge in [-0.15, -0.1) is 0 Å². The highest BCUT2D eigenvalue weighted by molar-refractivity contribution is 5.86. The SMILES string of the molecule is CC(C)(C)OC(=O)NCCCC[C@H](NC(=O)[C@@H]1C[C@@H](OCC2CCCCC2)CN1C(=O)OCc1ccccc1)C(O)c1nc2ccccc2o1. The minimum atomic E-state index is -1.26. The zero-order valence-corrected chi connectivity index (χ0v) is 29.5. The van der Waals surface area contributed by atoms with E-state index in [2.05, 4.69) is 15.6 Å². The Labute approximate surface area is 294 Å². The lowest BCUT2D eigenvalue weighted by Crippen LogP contribution is -2.50. The molecule has 5 rings (SSSR count). The van der Waals surface area contributed by atoms with E-state index in [-0.39, 0.29) is 25.1 Å². The van der Waals surface area contributed by atoms with Gasteiger partial charge in [0, 0.05) is 19.6 Å². The molecule has 1 saturated carbocycles. The Morgan fingerprint density at radius 2 is 1.76 bits per heavy atom. The number of aliphatic hydroxyl groups is 1. The van der Waals surface area contributed by atoms with Gasteiger partial charge in [-0.3, -0.25) is 9.69 Å². The van der Waals surface area contributed by atoms with Gasteiger partial charge < -0.3 is 34.4 Å². The third-order valence-electron chi connectivity index (χ3n) is 9.18. The maximum atomic E-state index is 14.1. The molecule has 272 valence electrons. The maximum absolute atomic E-state index is 14.1. The fourth-order valence-corrected chi connectivity index (χ4v) is 6.57. The number of unbranched alkanes of at least 4 members (excludes halogenated alkanes) is 1. The van der Waals surface area contributed by atoms with Crippen molar-refractivity contribution in [3.63, 3.8) is 0 Å². The largest absolute Gasteiger partial charge is 0.445 e. The molecule has 12 heteroatoms. The van der Waals surface area contributed by atoms with Crippen LogP contribution in [-0.4, -0.2) is 76.6 Å². The van der Waals surface area contributed by atoms with Crippen LogP contribution in [0.15, 0.2) is 59.0 Å². The lowest BCUT2D eigenvalue weighted by Gasteiger charge is -2.27. The number of likely N-dealkylation sites (tertiary alicyclic amines) is 1. The number of alkyl carbamates (subject to hydrolysis) is 1. The van der Waals surface area contributed by atoms with Gasteiger partial charge in [-0.1, -0.05) is 61.7 Å². The van der Waals surface area contributed by atoms with Crippen molar-refractivity contribution < 1.29 is 38.1 Å². The summed E-state index contributed by atoms with van der Waals surface area (Å²) in [6, 6.07) is 14.9. The number of oxazole rings is 1. The Bertz CT molecular complexity index is 1500. The van der Waals surface area contributed by atoms with E-state index < -0.39 is 41.9 Å². The second kappa shape index (κ2) is 17.7. The number of aromatic nitrogens is 1. The molecule has 2 aliphatic rings. The number of carbonyl (C=O) groups is 3. The van der Waals surface area contributed by atoms with E-state index >= 15 is 0 Å². The van der Waals surface area contributed by atoms with Crippen molar-refractivity contribution in [1.82, 2.24) is 20.5 Å². The second-order valence-electron chi connectivity index (χ2n) is 14.4. The predicted octanol–water partition coefficient (Wildman–Crippen LogP) is 6.42. The molecule has 12 nitrogen and oxygen atoms in total. The van der Waals surface area contributed by atoms with Crippen LogP contribution in [0.2, 0.25) is 0 Å². The molecule has 1 unspecified atom stereocenters. The summed E-state index contributed by atoms with van der Waals surface area (Å²) in [6.07, 6.45) is 5.01. The monoisotopic (exact) mass is 692 g/mol. The summed E-state index contributed by atoms with van der Waals surface area (Å²) < 4.78 is 23.2. The van der Waals surface area contributed by atoms with Crippen LogP contribution in [0.1, 0.15) is 96.1 Å². The minimum Gasteiger partial charge on any atom is -0.445 e. The zero-order chi connectivity index (χ0) is 35.5. The summed E-state index contributed by atoms with van der Waals surface area (Å²) in [7, 11) is 0. The van der Waals surface area contributed by atoms with Gasteiger partial charge in [-0.25, -0.2) is 14.6 Å². The Morgan fingerprint density at radius 1 is 1.02 bits per heavy atom. The number of ether oxygens (including phenoxy) is 3. The first-order chi connectivity index (χ1) is 24.1. The van der Waals surface area contributed by atoms with E-state index in [1.165, 1.54) is 24.2 Å². The molecule has 2 fully saturated rings. The Kier molecular flexibility index (Phi) is 13.1. The van der Waals surface area contributed by atoms with Gasteiger partial charge in [0.05, 0.1) is 18.7 Å². The number of fused-ring (bicyclic) bond motifs is 1. The van der Waals surface area contributed by atoms with E-state index in [0.717, 1.165) is 18.4 Å². The normalized spacial score (nSPS) is 19.6. The van der Waals surface area contributed by atoms with Crippen LogP contribution in [0, 0.1) is 5.92 Å². The third-order valence-corrected chi connectivity index (χ3v) is 9.18. The van der Waals surface area contributed by atoms with Gasteiger partial charge in [-0.05, 0) is 76.5 Å². The third kappa shape index (κ3) is 10.9. The fourth-order valence-electron chi connectivity index (χ4n) is 6.57. The van der Waals surface area contributed by atoms with E-state index in [0.29, 0.717) is 55.9 Å². The Hall–Kier alpha value is -4.16. The van der Waals surface area contributed by atoms with Gasteiger partial charge in [0.15, 0.2) is 11.7 Å². The number of hydrogen-bond donors (Lipinski definition) is 3. The van der Waals surface area contributed by atoms with E-state index in [1.807, 2.05) is 42.5 Å². The number of nitrogens with zero attached hydrogens (tertiary/aromatic N) is 2. The quantitative estimate of drug-likeness (QED) is 0.163. The van der Waals surface area contributed by atoms with Crippen molar-refractivity contribution in [2.24, 2.45) is 5.92 Å². The highest BCUT2D eigenvalue weighted by atomic mass is 16.6. The average molecular weight is 693 g/mol. The summed E-state index contributed by atoms with van der Waals surface area (Å²) in [5.41, 5.74) is 1.35. The van der Waals surface area contributed by atoms with Crippen LogP contribution in [0.5, 0.6) is 0 Å². The molecule has 1 aliphatic heterocycles. The number of para-hydroxylation sites is 2. The number of benzene rings is 2. The smallest absolute Gasteiger partial charge is 0.410 e. The van der Waals surface area contributed by atoms with Crippen LogP contribution in [-0.2, 0) is 25.6 Å². The van der Waals surface area contributed by atoms with E-state index in [9.17, 15) is 19.5 Å². The lowest BCUT2D eigenvalue weighted by molar-refractivity contribution is -0.127. The number of hydrogen-bond acceptors (Lipinski definition) is 9. The van der Waals surface area contributed by atoms with Gasteiger partial charge in [0.25, 0.3) is 0 Å². The van der Waals surface area contributed by atoms with Crippen molar-refractivity contribution in [3.05, 3.63) is 66.1 Å². The Balaban J connectivity index is 1.26. The summed E-state index contributed by atoms with van der Waals surface area (Å²) in [5.74, 6) is 0.149. The molecule has 1 aromatic heterocycles. The summed E-state index contributed by atoms with van der Waals surface area (Å²) in [5, 5.41) is 17.3. The molecule has 3 amide bonds. The summed E-state index contributed by atoms with van der Waals surface area (Å²) >= 11 is 0. The number of carbonyl (C=O) groups excluding carboxylic acids is 3. The van der Waals surface area contributed by atoms with Gasteiger partial charge in [-0.2, -0.15) is 0 Å². The van der Waals surface area contributed by atoms with Crippen LogP contribution in [0.3, 0.4) is 0 Å².